The van der Waals surface area contributed by atoms with Gasteiger partial charge in [-0.2, -0.15) is 0 Å². The van der Waals surface area contributed by atoms with Crippen molar-refractivity contribution in [1.29, 1.82) is 0 Å². The van der Waals surface area contributed by atoms with Crippen LogP contribution in [-0.2, 0) is 9.84 Å². The molecule has 5 rings (SSSR count). The zero-order valence-corrected chi connectivity index (χ0v) is 19.9. The number of fused-ring (bicyclic) bond motifs is 1. The molecule has 1 aliphatic rings. The summed E-state index contributed by atoms with van der Waals surface area (Å²) >= 11 is 1.53. The minimum absolute atomic E-state index is 0.0590. The van der Waals surface area contributed by atoms with Crippen LogP contribution >= 0.6 is 11.3 Å². The van der Waals surface area contributed by atoms with Crippen LogP contribution in [0.2, 0.25) is 0 Å². The Balaban J connectivity index is 1.33. The molecule has 1 saturated heterocycles. The monoisotopic (exact) mass is 481 g/mol. The van der Waals surface area contributed by atoms with Gasteiger partial charge < -0.3 is 9.64 Å². The molecule has 3 aromatic heterocycles. The molecular weight excluding hydrogens is 458 g/mol. The fourth-order valence-corrected chi connectivity index (χ4v) is 5.51. The van der Waals surface area contributed by atoms with Crippen molar-refractivity contribution >= 4 is 37.3 Å². The second-order valence-corrected chi connectivity index (χ2v) is 11.0. The van der Waals surface area contributed by atoms with Gasteiger partial charge in [-0.05, 0) is 30.7 Å². The van der Waals surface area contributed by atoms with Gasteiger partial charge in [-0.3, -0.25) is 0 Å². The van der Waals surface area contributed by atoms with E-state index in [1.807, 2.05) is 30.5 Å². The number of hydrogen-bond donors (Lipinski definition) is 0. The van der Waals surface area contributed by atoms with Crippen molar-refractivity contribution in [2.45, 2.75) is 30.8 Å². The van der Waals surface area contributed by atoms with E-state index in [1.54, 1.807) is 18.3 Å². The Morgan fingerprint density at radius 1 is 1.06 bits per heavy atom. The second-order valence-electron chi connectivity index (χ2n) is 8.10. The number of ether oxygens (including phenoxy) is 1. The SMILES string of the molecule is Cc1ccnc(N2CCC(Oc3ncnc4c(-c5ccc(S(C)(=O)=O)cc5)csc34)CC2)n1. The minimum Gasteiger partial charge on any atom is -0.473 e. The van der Waals surface area contributed by atoms with Crippen molar-refractivity contribution in [2.75, 3.05) is 24.2 Å². The number of aryl methyl sites for hydroxylation is 1. The average Bonchev–Trinajstić information content (AvgIpc) is 3.24. The maximum Gasteiger partial charge on any atom is 0.235 e. The molecule has 0 unspecified atom stereocenters. The lowest BCUT2D eigenvalue weighted by atomic mass is 10.1. The first-order valence-electron chi connectivity index (χ1n) is 10.6. The summed E-state index contributed by atoms with van der Waals surface area (Å²) in [4.78, 5) is 20.3. The maximum absolute atomic E-state index is 11.7. The molecule has 0 spiro atoms. The van der Waals surface area contributed by atoms with Crippen molar-refractivity contribution in [3.05, 3.63) is 53.9 Å². The molecule has 33 heavy (non-hydrogen) atoms. The first kappa shape index (κ1) is 21.7. The highest BCUT2D eigenvalue weighted by Gasteiger charge is 2.24. The van der Waals surface area contributed by atoms with E-state index in [2.05, 4.69) is 24.8 Å². The number of rotatable bonds is 5. The number of nitrogens with zero attached hydrogens (tertiary/aromatic N) is 5. The van der Waals surface area contributed by atoms with Crippen LogP contribution in [0.4, 0.5) is 5.95 Å². The van der Waals surface area contributed by atoms with Gasteiger partial charge in [0.05, 0.1) is 10.4 Å². The molecule has 4 aromatic rings. The number of piperidine rings is 1. The van der Waals surface area contributed by atoms with Crippen LogP contribution in [0.15, 0.2) is 53.1 Å². The average molecular weight is 482 g/mol. The van der Waals surface area contributed by atoms with Crippen molar-refractivity contribution in [2.24, 2.45) is 0 Å². The predicted molar refractivity (Wildman–Crippen MR) is 129 cm³/mol. The first-order valence-corrected chi connectivity index (χ1v) is 13.4. The number of benzene rings is 1. The molecule has 10 heteroatoms. The third-order valence-electron chi connectivity index (χ3n) is 5.70. The van der Waals surface area contributed by atoms with E-state index in [-0.39, 0.29) is 6.10 Å². The Kier molecular flexibility index (Phi) is 5.71. The van der Waals surface area contributed by atoms with Gasteiger partial charge in [0.1, 0.15) is 17.1 Å². The molecule has 1 fully saturated rings. The molecule has 0 saturated carbocycles. The van der Waals surface area contributed by atoms with Crippen LogP contribution in [0, 0.1) is 6.92 Å². The largest absolute Gasteiger partial charge is 0.473 e. The summed E-state index contributed by atoms with van der Waals surface area (Å²) in [6.45, 7) is 3.62. The topological polar surface area (TPSA) is 98.2 Å². The van der Waals surface area contributed by atoms with Crippen molar-refractivity contribution in [1.82, 2.24) is 19.9 Å². The van der Waals surface area contributed by atoms with Crippen LogP contribution < -0.4 is 9.64 Å². The van der Waals surface area contributed by atoms with E-state index in [0.717, 1.165) is 58.9 Å². The van der Waals surface area contributed by atoms with Crippen LogP contribution in [0.1, 0.15) is 18.5 Å². The van der Waals surface area contributed by atoms with Gasteiger partial charge in [-0.25, -0.2) is 28.4 Å². The van der Waals surface area contributed by atoms with Crippen molar-refractivity contribution in [3.8, 4) is 17.0 Å². The molecule has 1 aliphatic heterocycles. The van der Waals surface area contributed by atoms with E-state index < -0.39 is 9.84 Å². The van der Waals surface area contributed by atoms with E-state index in [9.17, 15) is 8.42 Å². The predicted octanol–water partition coefficient (Wildman–Crippen LogP) is 3.91. The lowest BCUT2D eigenvalue weighted by Gasteiger charge is -2.31. The Morgan fingerprint density at radius 2 is 1.82 bits per heavy atom. The quantitative estimate of drug-likeness (QED) is 0.423. The Bertz CT molecular complexity index is 1400. The normalized spacial score (nSPS) is 15.2. The second kappa shape index (κ2) is 8.68. The van der Waals surface area contributed by atoms with Gasteiger partial charge in [0.15, 0.2) is 9.84 Å². The summed E-state index contributed by atoms with van der Waals surface area (Å²) in [6.07, 6.45) is 6.29. The summed E-state index contributed by atoms with van der Waals surface area (Å²) in [5.74, 6) is 1.36. The van der Waals surface area contributed by atoms with Crippen LogP contribution in [0.3, 0.4) is 0 Å². The van der Waals surface area contributed by atoms with Crippen LogP contribution in [0.5, 0.6) is 5.88 Å². The minimum atomic E-state index is -3.23. The van der Waals surface area contributed by atoms with Gasteiger partial charge in [0.25, 0.3) is 0 Å². The number of hydrogen-bond acceptors (Lipinski definition) is 9. The zero-order chi connectivity index (χ0) is 23.0. The van der Waals surface area contributed by atoms with E-state index in [1.165, 1.54) is 23.9 Å². The van der Waals surface area contributed by atoms with Gasteiger partial charge >= 0.3 is 0 Å². The molecule has 4 heterocycles. The highest BCUT2D eigenvalue weighted by Crippen LogP contribution is 2.37. The smallest absolute Gasteiger partial charge is 0.235 e. The summed E-state index contributed by atoms with van der Waals surface area (Å²) in [5.41, 5.74) is 3.61. The maximum atomic E-state index is 11.7. The first-order chi connectivity index (χ1) is 15.9. The number of aromatic nitrogens is 4. The van der Waals surface area contributed by atoms with Gasteiger partial charge in [0, 0.05) is 55.0 Å². The highest BCUT2D eigenvalue weighted by atomic mass is 32.2. The molecule has 1 aromatic carbocycles. The Hall–Kier alpha value is -3.11. The molecule has 0 radical (unpaired) electrons. The summed E-state index contributed by atoms with van der Waals surface area (Å²) in [6, 6.07) is 8.76. The number of anilines is 1. The van der Waals surface area contributed by atoms with E-state index in [0.29, 0.717) is 10.8 Å². The summed E-state index contributed by atoms with van der Waals surface area (Å²) in [7, 11) is -3.23. The third kappa shape index (κ3) is 4.53. The van der Waals surface area contributed by atoms with Crippen LogP contribution in [0.25, 0.3) is 21.3 Å². The number of thiophene rings is 1. The van der Waals surface area contributed by atoms with Gasteiger partial charge in [-0.15, -0.1) is 11.3 Å². The highest BCUT2D eigenvalue weighted by molar-refractivity contribution is 7.90. The molecule has 0 amide bonds. The molecule has 0 N–H and O–H groups in total. The van der Waals surface area contributed by atoms with E-state index >= 15 is 0 Å². The van der Waals surface area contributed by atoms with Crippen molar-refractivity contribution in [3.63, 3.8) is 0 Å². The standard InChI is InChI=1S/C23H23N5O3S2/c1-15-7-10-24-23(27-15)28-11-8-17(9-12-28)31-22-21-20(25-14-26-22)19(13-32-21)16-3-5-18(6-4-16)33(2,29)30/h3-7,10,13-14,17H,8-9,11-12H2,1-2H3. The number of sulfone groups is 1. The van der Waals surface area contributed by atoms with E-state index in [4.69, 9.17) is 4.74 Å². The summed E-state index contributed by atoms with van der Waals surface area (Å²) in [5, 5.41) is 2.01. The zero-order valence-electron chi connectivity index (χ0n) is 18.3. The molecule has 0 atom stereocenters. The lowest BCUT2D eigenvalue weighted by molar-refractivity contribution is 0.166. The summed E-state index contributed by atoms with van der Waals surface area (Å²) < 4.78 is 30.7. The molecular formula is C23H23N5O3S2. The Labute approximate surface area is 196 Å². The molecule has 0 aliphatic carbocycles. The fourth-order valence-electron chi connectivity index (χ4n) is 3.92. The molecule has 8 nitrogen and oxygen atoms in total. The van der Waals surface area contributed by atoms with Gasteiger partial charge in [0.2, 0.25) is 11.8 Å². The Morgan fingerprint density at radius 3 is 2.52 bits per heavy atom. The lowest BCUT2D eigenvalue weighted by Crippen LogP contribution is -2.39. The molecule has 0 bridgehead atoms. The van der Waals surface area contributed by atoms with Crippen LogP contribution in [-0.4, -0.2) is 53.8 Å². The van der Waals surface area contributed by atoms with Crippen molar-refractivity contribution < 1.29 is 13.2 Å². The molecule has 170 valence electrons. The third-order valence-corrected chi connectivity index (χ3v) is 7.79. The fraction of sp³-hybridized carbons (Fsp3) is 0.304. The van der Waals surface area contributed by atoms with Gasteiger partial charge in [-0.1, -0.05) is 12.1 Å².